The van der Waals surface area contributed by atoms with Crippen LogP contribution >= 0.6 is 11.3 Å². The van der Waals surface area contributed by atoms with Crippen molar-refractivity contribution < 1.29 is 13.2 Å². The number of hydrogen-bond donors (Lipinski definition) is 0. The van der Waals surface area contributed by atoms with Crippen LogP contribution in [-0.2, 0) is 18.4 Å². The topological polar surface area (TPSA) is 30.7 Å². The minimum Gasteiger partial charge on any atom is -0.263 e. The third kappa shape index (κ3) is 5.34. The Balaban J connectivity index is 1.92. The van der Waals surface area contributed by atoms with E-state index in [4.69, 9.17) is 0 Å². The minimum atomic E-state index is -4.24. The quantitative estimate of drug-likeness (QED) is 0.769. The second-order valence-corrected chi connectivity index (χ2v) is 8.01. The Labute approximate surface area is 138 Å². The lowest BCUT2D eigenvalue weighted by atomic mass is 9.96. The van der Waals surface area contributed by atoms with Crippen molar-refractivity contribution in [3.63, 3.8) is 0 Å². The molecule has 3 nitrogen and oxygen atoms in total. The monoisotopic (exact) mass is 345 g/mol. The van der Waals surface area contributed by atoms with Crippen LogP contribution in [-0.4, -0.2) is 20.9 Å². The summed E-state index contributed by atoms with van der Waals surface area (Å²) in [5.74, 6) is 0.152. The van der Waals surface area contributed by atoms with Gasteiger partial charge in [-0.2, -0.15) is 18.3 Å². The predicted molar refractivity (Wildman–Crippen MR) is 85.8 cm³/mol. The van der Waals surface area contributed by atoms with Gasteiger partial charge in [0.05, 0.1) is 11.2 Å². The molecule has 0 aliphatic carbocycles. The number of halogens is 3. The molecule has 0 bridgehead atoms. The molecule has 0 aliphatic rings. The van der Waals surface area contributed by atoms with Crippen LogP contribution in [0.1, 0.15) is 55.5 Å². The van der Waals surface area contributed by atoms with Crippen molar-refractivity contribution in [2.75, 3.05) is 0 Å². The number of aromatic nitrogens is 3. The van der Waals surface area contributed by atoms with E-state index in [9.17, 15) is 13.2 Å². The molecule has 0 amide bonds. The number of thiazole rings is 1. The van der Waals surface area contributed by atoms with E-state index in [0.29, 0.717) is 0 Å². The van der Waals surface area contributed by atoms with Gasteiger partial charge >= 0.3 is 6.18 Å². The molecule has 0 saturated carbocycles. The van der Waals surface area contributed by atoms with Gasteiger partial charge in [0.1, 0.15) is 6.54 Å². The summed E-state index contributed by atoms with van der Waals surface area (Å²) < 4.78 is 38.0. The second kappa shape index (κ2) is 6.63. The minimum absolute atomic E-state index is 0.0975. The summed E-state index contributed by atoms with van der Waals surface area (Å²) in [5.41, 5.74) is 0.933. The standard InChI is InChI=1S/C16H22F3N3S/c1-11(12-7-21-22(9-12)10-16(17,18)19)5-6-14-20-8-13(23-14)15(2,3)4/h7-9,11H,5-6,10H2,1-4H3. The van der Waals surface area contributed by atoms with Gasteiger partial charge in [-0.15, -0.1) is 11.3 Å². The van der Waals surface area contributed by atoms with Gasteiger partial charge in [-0.25, -0.2) is 4.98 Å². The van der Waals surface area contributed by atoms with Crippen molar-refractivity contribution in [1.29, 1.82) is 0 Å². The number of hydrogen-bond acceptors (Lipinski definition) is 3. The summed E-state index contributed by atoms with van der Waals surface area (Å²) in [6.07, 6.45) is 2.36. The van der Waals surface area contributed by atoms with Crippen LogP contribution in [0.15, 0.2) is 18.6 Å². The molecule has 1 atom stereocenters. The van der Waals surface area contributed by atoms with E-state index >= 15 is 0 Å². The molecule has 0 saturated heterocycles. The zero-order chi connectivity index (χ0) is 17.3. The molecule has 0 radical (unpaired) electrons. The van der Waals surface area contributed by atoms with Crippen molar-refractivity contribution in [1.82, 2.24) is 14.8 Å². The molecule has 2 aromatic heterocycles. The molecular formula is C16H22F3N3S. The molecule has 128 valence electrons. The van der Waals surface area contributed by atoms with E-state index in [2.05, 4.69) is 30.9 Å². The Morgan fingerprint density at radius 2 is 1.91 bits per heavy atom. The first-order valence-corrected chi connectivity index (χ1v) is 8.40. The van der Waals surface area contributed by atoms with Gasteiger partial charge in [0.15, 0.2) is 0 Å². The third-order valence-electron chi connectivity index (χ3n) is 3.65. The van der Waals surface area contributed by atoms with E-state index < -0.39 is 12.7 Å². The van der Waals surface area contributed by atoms with E-state index in [1.807, 2.05) is 13.1 Å². The fourth-order valence-electron chi connectivity index (χ4n) is 2.18. The highest BCUT2D eigenvalue weighted by atomic mass is 32.1. The summed E-state index contributed by atoms with van der Waals surface area (Å²) >= 11 is 1.71. The Hall–Kier alpha value is -1.37. The van der Waals surface area contributed by atoms with Crippen molar-refractivity contribution in [2.24, 2.45) is 0 Å². The van der Waals surface area contributed by atoms with Crippen LogP contribution in [0.5, 0.6) is 0 Å². The highest BCUT2D eigenvalue weighted by Crippen LogP contribution is 2.29. The first kappa shape index (κ1) is 18.0. The number of rotatable bonds is 5. The summed E-state index contributed by atoms with van der Waals surface area (Å²) in [7, 11) is 0. The van der Waals surface area contributed by atoms with Crippen LogP contribution in [0.2, 0.25) is 0 Å². The zero-order valence-electron chi connectivity index (χ0n) is 13.8. The maximum absolute atomic E-state index is 12.4. The molecule has 0 aliphatic heterocycles. The van der Waals surface area contributed by atoms with Gasteiger partial charge in [-0.1, -0.05) is 27.7 Å². The summed E-state index contributed by atoms with van der Waals surface area (Å²) in [6.45, 7) is 7.43. The van der Waals surface area contributed by atoms with Crippen molar-refractivity contribution in [3.05, 3.63) is 34.0 Å². The molecule has 23 heavy (non-hydrogen) atoms. The number of alkyl halides is 3. The summed E-state index contributed by atoms with van der Waals surface area (Å²) in [5, 5.41) is 4.87. The van der Waals surface area contributed by atoms with Gasteiger partial charge in [0.25, 0.3) is 0 Å². The molecule has 7 heteroatoms. The van der Waals surface area contributed by atoms with Crippen LogP contribution in [0.3, 0.4) is 0 Å². The van der Waals surface area contributed by atoms with Crippen LogP contribution in [0.4, 0.5) is 13.2 Å². The lowest BCUT2D eigenvalue weighted by Gasteiger charge is -2.14. The van der Waals surface area contributed by atoms with E-state index in [0.717, 1.165) is 28.1 Å². The van der Waals surface area contributed by atoms with Crippen molar-refractivity contribution in [3.8, 4) is 0 Å². The lowest BCUT2D eigenvalue weighted by Crippen LogP contribution is -2.17. The maximum atomic E-state index is 12.4. The number of aryl methyl sites for hydroxylation is 1. The van der Waals surface area contributed by atoms with Crippen molar-refractivity contribution >= 4 is 11.3 Å². The fraction of sp³-hybridized carbons (Fsp3) is 0.625. The van der Waals surface area contributed by atoms with E-state index in [1.54, 1.807) is 11.3 Å². The SMILES string of the molecule is CC(CCc1ncc(C(C)(C)C)s1)c1cnn(CC(F)(F)F)c1. The molecule has 0 fully saturated rings. The Morgan fingerprint density at radius 1 is 1.22 bits per heavy atom. The van der Waals surface area contributed by atoms with Gasteiger partial charge in [0, 0.05) is 17.3 Å². The molecule has 2 heterocycles. The first-order valence-electron chi connectivity index (χ1n) is 7.59. The zero-order valence-corrected chi connectivity index (χ0v) is 14.6. The third-order valence-corrected chi connectivity index (χ3v) is 5.13. The second-order valence-electron chi connectivity index (χ2n) is 6.89. The van der Waals surface area contributed by atoms with E-state index in [1.165, 1.54) is 17.3 Å². The van der Waals surface area contributed by atoms with Crippen LogP contribution < -0.4 is 0 Å². The smallest absolute Gasteiger partial charge is 0.263 e. The molecule has 2 aromatic rings. The lowest BCUT2D eigenvalue weighted by molar-refractivity contribution is -0.142. The Bertz CT molecular complexity index is 638. The molecule has 1 unspecified atom stereocenters. The predicted octanol–water partition coefficient (Wildman–Crippen LogP) is 4.94. The Kier molecular flexibility index (Phi) is 5.18. The van der Waals surface area contributed by atoms with Crippen molar-refractivity contribution in [2.45, 2.75) is 64.6 Å². The molecule has 0 aromatic carbocycles. The molecule has 0 N–H and O–H groups in total. The van der Waals surface area contributed by atoms with Gasteiger partial charge in [0.2, 0.25) is 0 Å². The Morgan fingerprint density at radius 3 is 2.48 bits per heavy atom. The maximum Gasteiger partial charge on any atom is 0.408 e. The highest BCUT2D eigenvalue weighted by molar-refractivity contribution is 7.11. The first-order chi connectivity index (χ1) is 10.5. The average Bonchev–Trinajstić information content (AvgIpc) is 3.02. The van der Waals surface area contributed by atoms with E-state index in [-0.39, 0.29) is 11.3 Å². The highest BCUT2D eigenvalue weighted by Gasteiger charge is 2.28. The summed E-state index contributed by atoms with van der Waals surface area (Å²) in [4.78, 5) is 5.70. The number of nitrogens with zero attached hydrogens (tertiary/aromatic N) is 3. The summed E-state index contributed by atoms with van der Waals surface area (Å²) in [6, 6.07) is 0. The van der Waals surface area contributed by atoms with Gasteiger partial charge < -0.3 is 0 Å². The molecule has 0 spiro atoms. The molecule has 2 rings (SSSR count). The van der Waals surface area contributed by atoms with Gasteiger partial charge in [-0.3, -0.25) is 4.68 Å². The fourth-order valence-corrected chi connectivity index (χ4v) is 3.17. The normalized spacial score (nSPS) is 14.2. The van der Waals surface area contributed by atoms with Crippen LogP contribution in [0.25, 0.3) is 0 Å². The molecular weight excluding hydrogens is 323 g/mol. The average molecular weight is 345 g/mol. The van der Waals surface area contributed by atoms with Crippen LogP contribution in [0, 0.1) is 0 Å². The largest absolute Gasteiger partial charge is 0.408 e. The van der Waals surface area contributed by atoms with Gasteiger partial charge in [-0.05, 0) is 29.7 Å².